The second-order valence-corrected chi connectivity index (χ2v) is 5.81. The second kappa shape index (κ2) is 5.63. The number of likely N-dealkylation sites (tertiary alicyclic amines) is 1. The Labute approximate surface area is 114 Å². The highest BCUT2D eigenvalue weighted by Gasteiger charge is 2.25. The molecule has 1 saturated heterocycles. The van der Waals surface area contributed by atoms with Crippen LogP contribution in [-0.4, -0.2) is 29.2 Å². The van der Waals surface area contributed by atoms with Gasteiger partial charge in [-0.15, -0.1) is 0 Å². The van der Waals surface area contributed by atoms with Crippen LogP contribution in [0, 0.1) is 25.7 Å². The summed E-state index contributed by atoms with van der Waals surface area (Å²) in [6.07, 6.45) is 1.20. The lowest BCUT2D eigenvalue weighted by Gasteiger charge is -2.34. The molecule has 0 saturated carbocycles. The number of carbonyl (C=O) groups excluding carboxylic acids is 1. The number of carbonyl (C=O) groups is 1. The second-order valence-electron chi connectivity index (χ2n) is 5.81. The average molecular weight is 265 g/mol. The first-order valence-electron chi connectivity index (χ1n) is 6.92. The van der Waals surface area contributed by atoms with E-state index >= 15 is 0 Å². The van der Waals surface area contributed by atoms with Crippen LogP contribution in [0.3, 0.4) is 0 Å². The molecule has 1 aromatic heterocycles. The van der Waals surface area contributed by atoms with E-state index < -0.39 is 0 Å². The number of aromatic nitrogens is 1. The van der Waals surface area contributed by atoms with Crippen molar-refractivity contribution in [2.24, 2.45) is 11.8 Å². The van der Waals surface area contributed by atoms with Gasteiger partial charge in [-0.25, -0.2) is 4.79 Å². The Morgan fingerprint density at radius 3 is 2.53 bits per heavy atom. The molecular formula is C14H23N3O2. The molecule has 106 valence electrons. The molecule has 0 radical (unpaired) electrons. The fourth-order valence-corrected chi connectivity index (χ4v) is 2.86. The molecule has 1 aliphatic heterocycles. The van der Waals surface area contributed by atoms with Crippen LogP contribution in [-0.2, 0) is 6.54 Å². The molecule has 0 aliphatic carbocycles. The van der Waals surface area contributed by atoms with Crippen molar-refractivity contribution < 1.29 is 9.32 Å². The van der Waals surface area contributed by atoms with Gasteiger partial charge in [0, 0.05) is 25.2 Å². The molecule has 1 N–H and O–H groups in total. The summed E-state index contributed by atoms with van der Waals surface area (Å²) in [6, 6.07) is 0.0124. The fourth-order valence-electron chi connectivity index (χ4n) is 2.86. The molecular weight excluding hydrogens is 242 g/mol. The van der Waals surface area contributed by atoms with Crippen LogP contribution in [0.4, 0.5) is 4.79 Å². The van der Waals surface area contributed by atoms with Crippen molar-refractivity contribution in [2.45, 2.75) is 40.7 Å². The molecule has 5 heteroatoms. The quantitative estimate of drug-likeness (QED) is 0.893. The predicted octanol–water partition coefficient (Wildman–Crippen LogP) is 2.48. The number of hydrogen-bond donors (Lipinski definition) is 1. The van der Waals surface area contributed by atoms with Gasteiger partial charge in [0.2, 0.25) is 0 Å². The van der Waals surface area contributed by atoms with E-state index in [4.69, 9.17) is 4.52 Å². The molecule has 0 bridgehead atoms. The maximum Gasteiger partial charge on any atom is 0.317 e. The Kier molecular flexibility index (Phi) is 4.12. The Hall–Kier alpha value is -1.52. The van der Waals surface area contributed by atoms with Crippen LogP contribution >= 0.6 is 0 Å². The first-order valence-corrected chi connectivity index (χ1v) is 6.92. The summed E-state index contributed by atoms with van der Waals surface area (Å²) in [5, 5.41) is 6.86. The van der Waals surface area contributed by atoms with Crippen LogP contribution in [0.15, 0.2) is 4.52 Å². The van der Waals surface area contributed by atoms with Crippen LogP contribution in [0.25, 0.3) is 0 Å². The summed E-state index contributed by atoms with van der Waals surface area (Å²) in [6.45, 7) is 10.3. The van der Waals surface area contributed by atoms with Crippen molar-refractivity contribution in [1.29, 1.82) is 0 Å². The van der Waals surface area contributed by atoms with E-state index in [2.05, 4.69) is 24.3 Å². The van der Waals surface area contributed by atoms with Gasteiger partial charge in [-0.2, -0.15) is 0 Å². The van der Waals surface area contributed by atoms with Gasteiger partial charge in [0.15, 0.2) is 0 Å². The first kappa shape index (κ1) is 13.9. The standard InChI is InChI=1S/C14H23N3O2/c1-9-5-10(2)8-17(7-9)14(18)15-6-13-11(3)16-19-12(13)4/h9-10H,5-8H2,1-4H3,(H,15,18). The highest BCUT2D eigenvalue weighted by molar-refractivity contribution is 5.74. The zero-order valence-corrected chi connectivity index (χ0v) is 12.2. The topological polar surface area (TPSA) is 58.4 Å². The van der Waals surface area contributed by atoms with E-state index in [9.17, 15) is 4.79 Å². The fraction of sp³-hybridized carbons (Fsp3) is 0.714. The molecule has 5 nitrogen and oxygen atoms in total. The molecule has 19 heavy (non-hydrogen) atoms. The molecule has 1 fully saturated rings. The third-order valence-corrected chi connectivity index (χ3v) is 3.75. The predicted molar refractivity (Wildman–Crippen MR) is 72.7 cm³/mol. The van der Waals surface area contributed by atoms with Gasteiger partial charge in [0.1, 0.15) is 5.76 Å². The summed E-state index contributed by atoms with van der Waals surface area (Å²) in [7, 11) is 0. The van der Waals surface area contributed by atoms with Crippen molar-refractivity contribution in [3.63, 3.8) is 0 Å². The van der Waals surface area contributed by atoms with E-state index in [1.807, 2.05) is 18.7 Å². The summed E-state index contributed by atoms with van der Waals surface area (Å²) in [4.78, 5) is 14.1. The largest absolute Gasteiger partial charge is 0.361 e. The molecule has 2 heterocycles. The Morgan fingerprint density at radius 1 is 1.37 bits per heavy atom. The van der Waals surface area contributed by atoms with Gasteiger partial charge in [-0.05, 0) is 32.1 Å². The summed E-state index contributed by atoms with van der Waals surface area (Å²) < 4.78 is 5.09. The molecule has 1 aromatic rings. The number of aryl methyl sites for hydroxylation is 2. The van der Waals surface area contributed by atoms with Crippen LogP contribution in [0.5, 0.6) is 0 Å². The van der Waals surface area contributed by atoms with E-state index in [1.54, 1.807) is 0 Å². The maximum absolute atomic E-state index is 12.2. The van der Waals surface area contributed by atoms with Crippen LogP contribution < -0.4 is 5.32 Å². The Bertz CT molecular complexity index is 426. The van der Waals surface area contributed by atoms with Gasteiger partial charge >= 0.3 is 6.03 Å². The highest BCUT2D eigenvalue weighted by Crippen LogP contribution is 2.21. The van der Waals surface area contributed by atoms with Crippen molar-refractivity contribution in [3.8, 4) is 0 Å². The molecule has 2 atom stereocenters. The lowest BCUT2D eigenvalue weighted by atomic mass is 9.92. The Morgan fingerprint density at radius 2 is 2.00 bits per heavy atom. The minimum atomic E-state index is 0.0124. The van der Waals surface area contributed by atoms with Gasteiger partial charge in [-0.3, -0.25) is 0 Å². The third kappa shape index (κ3) is 3.28. The summed E-state index contributed by atoms with van der Waals surface area (Å²) >= 11 is 0. The number of hydrogen-bond acceptors (Lipinski definition) is 3. The number of rotatable bonds is 2. The van der Waals surface area contributed by atoms with E-state index in [0.29, 0.717) is 18.4 Å². The van der Waals surface area contributed by atoms with Crippen LogP contribution in [0.2, 0.25) is 0 Å². The van der Waals surface area contributed by atoms with Gasteiger partial charge in [-0.1, -0.05) is 19.0 Å². The number of urea groups is 1. The average Bonchev–Trinajstić information content (AvgIpc) is 2.65. The number of nitrogens with one attached hydrogen (secondary N) is 1. The third-order valence-electron chi connectivity index (χ3n) is 3.75. The van der Waals surface area contributed by atoms with Gasteiger partial charge in [0.25, 0.3) is 0 Å². The minimum Gasteiger partial charge on any atom is -0.361 e. The molecule has 2 amide bonds. The van der Waals surface area contributed by atoms with Crippen molar-refractivity contribution in [3.05, 3.63) is 17.0 Å². The molecule has 2 unspecified atom stereocenters. The Balaban J connectivity index is 1.91. The first-order chi connectivity index (χ1) is 8.97. The number of amides is 2. The van der Waals surface area contributed by atoms with Crippen LogP contribution in [0.1, 0.15) is 37.3 Å². The van der Waals surface area contributed by atoms with Gasteiger partial charge < -0.3 is 14.7 Å². The summed E-state index contributed by atoms with van der Waals surface area (Å²) in [5.74, 6) is 1.93. The van der Waals surface area contributed by atoms with Gasteiger partial charge in [0.05, 0.1) is 5.69 Å². The smallest absolute Gasteiger partial charge is 0.317 e. The van der Waals surface area contributed by atoms with Crippen molar-refractivity contribution in [1.82, 2.24) is 15.4 Å². The summed E-state index contributed by atoms with van der Waals surface area (Å²) in [5.41, 5.74) is 1.82. The van der Waals surface area contributed by atoms with E-state index in [0.717, 1.165) is 30.1 Å². The molecule has 0 aromatic carbocycles. The normalized spacial score (nSPS) is 23.5. The number of piperidine rings is 1. The molecule has 2 rings (SSSR count). The highest BCUT2D eigenvalue weighted by atomic mass is 16.5. The van der Waals surface area contributed by atoms with Crippen molar-refractivity contribution >= 4 is 6.03 Å². The van der Waals surface area contributed by atoms with E-state index in [1.165, 1.54) is 6.42 Å². The number of nitrogens with zero attached hydrogens (tertiary/aromatic N) is 2. The molecule has 0 spiro atoms. The van der Waals surface area contributed by atoms with E-state index in [-0.39, 0.29) is 6.03 Å². The zero-order chi connectivity index (χ0) is 14.0. The maximum atomic E-state index is 12.2. The molecule has 1 aliphatic rings. The minimum absolute atomic E-state index is 0.0124. The lowest BCUT2D eigenvalue weighted by Crippen LogP contribution is -2.47. The SMILES string of the molecule is Cc1noc(C)c1CNC(=O)N1CC(C)CC(C)C1. The monoisotopic (exact) mass is 265 g/mol. The van der Waals surface area contributed by atoms with Crippen molar-refractivity contribution in [2.75, 3.05) is 13.1 Å². The lowest BCUT2D eigenvalue weighted by molar-refractivity contribution is 0.146. The zero-order valence-electron chi connectivity index (χ0n) is 12.2.